The molecule has 0 aromatic carbocycles. The Labute approximate surface area is 69.5 Å². The van der Waals surface area contributed by atoms with E-state index in [4.69, 9.17) is 0 Å². The molecule has 12 heavy (non-hydrogen) atoms. The van der Waals surface area contributed by atoms with Crippen molar-refractivity contribution in [3.63, 3.8) is 0 Å². The first-order valence-corrected chi connectivity index (χ1v) is 4.19. The summed E-state index contributed by atoms with van der Waals surface area (Å²) in [7, 11) is 1.87. The van der Waals surface area contributed by atoms with Gasteiger partial charge in [-0.3, -0.25) is 0 Å². The molecular weight excluding hydrogens is 167 g/mol. The molecule has 0 bridgehead atoms. The highest BCUT2D eigenvalue weighted by Crippen LogP contribution is 2.58. The van der Waals surface area contributed by atoms with Crippen molar-refractivity contribution >= 4 is 0 Å². The average molecular weight is 179 g/mol. The van der Waals surface area contributed by atoms with Gasteiger partial charge in [-0.2, -0.15) is 13.2 Å². The minimum Gasteiger partial charge on any atom is -0.305 e. The maximum atomic E-state index is 12.3. The molecule has 1 atom stereocenters. The van der Waals surface area contributed by atoms with Gasteiger partial charge in [-0.25, -0.2) is 0 Å². The molecule has 1 nitrogen and oxygen atoms in total. The third-order valence-corrected chi connectivity index (χ3v) is 3.23. The summed E-state index contributed by atoms with van der Waals surface area (Å²) >= 11 is 0. The topological polar surface area (TPSA) is 3.24 Å². The molecule has 70 valence electrons. The van der Waals surface area contributed by atoms with Crippen LogP contribution >= 0.6 is 0 Å². The van der Waals surface area contributed by atoms with E-state index in [1.165, 1.54) is 0 Å². The van der Waals surface area contributed by atoms with Crippen LogP contribution in [-0.2, 0) is 0 Å². The first-order valence-electron chi connectivity index (χ1n) is 4.19. The SMILES string of the molecule is CN1CC2(CCC2C(F)(F)F)C1. The largest absolute Gasteiger partial charge is 0.392 e. The van der Waals surface area contributed by atoms with Crippen LogP contribution in [0.4, 0.5) is 13.2 Å². The molecule has 1 aliphatic heterocycles. The fraction of sp³-hybridized carbons (Fsp3) is 1.00. The molecule has 0 aromatic heterocycles. The molecule has 1 saturated heterocycles. The molecule has 2 rings (SSSR count). The predicted molar refractivity (Wildman–Crippen MR) is 38.7 cm³/mol. The first kappa shape index (κ1) is 8.35. The zero-order chi connectivity index (χ0) is 8.98. The maximum Gasteiger partial charge on any atom is 0.392 e. The maximum absolute atomic E-state index is 12.3. The molecule has 1 unspecified atom stereocenters. The number of alkyl halides is 3. The van der Waals surface area contributed by atoms with E-state index in [0.717, 1.165) is 6.42 Å². The summed E-state index contributed by atoms with van der Waals surface area (Å²) in [6.45, 7) is 1.27. The van der Waals surface area contributed by atoms with Gasteiger partial charge in [-0.05, 0) is 19.9 Å². The molecule has 1 aliphatic carbocycles. The number of hydrogen-bond acceptors (Lipinski definition) is 1. The highest BCUT2D eigenvalue weighted by molar-refractivity contribution is 5.07. The van der Waals surface area contributed by atoms with Crippen LogP contribution in [0.5, 0.6) is 0 Å². The van der Waals surface area contributed by atoms with Crippen LogP contribution in [0.3, 0.4) is 0 Å². The van der Waals surface area contributed by atoms with Crippen molar-refractivity contribution in [1.82, 2.24) is 4.90 Å². The van der Waals surface area contributed by atoms with E-state index in [2.05, 4.69) is 0 Å². The van der Waals surface area contributed by atoms with Crippen molar-refractivity contribution < 1.29 is 13.2 Å². The molecule has 4 heteroatoms. The van der Waals surface area contributed by atoms with Crippen molar-refractivity contribution in [2.45, 2.75) is 19.0 Å². The van der Waals surface area contributed by atoms with E-state index < -0.39 is 12.1 Å². The lowest BCUT2D eigenvalue weighted by molar-refractivity contribution is -0.267. The highest BCUT2D eigenvalue weighted by Gasteiger charge is 2.63. The molecule has 0 radical (unpaired) electrons. The Morgan fingerprint density at radius 1 is 1.33 bits per heavy atom. The quantitative estimate of drug-likeness (QED) is 0.549. The van der Waals surface area contributed by atoms with Crippen LogP contribution < -0.4 is 0 Å². The summed E-state index contributed by atoms with van der Waals surface area (Å²) in [6, 6.07) is 0. The number of likely N-dealkylation sites (tertiary alicyclic amines) is 1. The number of rotatable bonds is 0. The van der Waals surface area contributed by atoms with Gasteiger partial charge in [0.05, 0.1) is 5.92 Å². The molecular formula is C8H12F3N. The van der Waals surface area contributed by atoms with Crippen molar-refractivity contribution in [3.8, 4) is 0 Å². The summed E-state index contributed by atoms with van der Waals surface area (Å²) in [5, 5.41) is 0. The highest BCUT2D eigenvalue weighted by atomic mass is 19.4. The fourth-order valence-corrected chi connectivity index (χ4v) is 2.62. The van der Waals surface area contributed by atoms with Crippen molar-refractivity contribution in [2.24, 2.45) is 11.3 Å². The van der Waals surface area contributed by atoms with Crippen molar-refractivity contribution in [3.05, 3.63) is 0 Å². The fourth-order valence-electron chi connectivity index (χ4n) is 2.62. The van der Waals surface area contributed by atoms with Crippen molar-refractivity contribution in [1.29, 1.82) is 0 Å². The van der Waals surface area contributed by atoms with Gasteiger partial charge in [-0.15, -0.1) is 0 Å². The van der Waals surface area contributed by atoms with Crippen LogP contribution in [0.1, 0.15) is 12.8 Å². The van der Waals surface area contributed by atoms with E-state index in [9.17, 15) is 13.2 Å². The monoisotopic (exact) mass is 179 g/mol. The van der Waals surface area contributed by atoms with Crippen LogP contribution in [0.15, 0.2) is 0 Å². The molecule has 0 N–H and O–H groups in total. The van der Waals surface area contributed by atoms with Gasteiger partial charge in [0.15, 0.2) is 0 Å². The van der Waals surface area contributed by atoms with Crippen LogP contribution in [-0.4, -0.2) is 31.2 Å². The Bertz CT molecular complexity index is 193. The zero-order valence-electron chi connectivity index (χ0n) is 6.99. The van der Waals surface area contributed by atoms with E-state index in [1.54, 1.807) is 0 Å². The van der Waals surface area contributed by atoms with E-state index in [-0.39, 0.29) is 5.41 Å². The molecule has 2 fully saturated rings. The lowest BCUT2D eigenvalue weighted by Gasteiger charge is -2.60. The van der Waals surface area contributed by atoms with E-state index >= 15 is 0 Å². The molecule has 1 heterocycles. The third-order valence-electron chi connectivity index (χ3n) is 3.23. The minimum atomic E-state index is -3.96. The van der Waals surface area contributed by atoms with Gasteiger partial charge in [0.1, 0.15) is 0 Å². The Morgan fingerprint density at radius 3 is 2.17 bits per heavy atom. The lowest BCUT2D eigenvalue weighted by Crippen LogP contribution is -2.66. The van der Waals surface area contributed by atoms with Crippen LogP contribution in [0.2, 0.25) is 0 Å². The Kier molecular flexibility index (Phi) is 1.50. The smallest absolute Gasteiger partial charge is 0.305 e. The van der Waals surface area contributed by atoms with Gasteiger partial charge in [-0.1, -0.05) is 0 Å². The van der Waals surface area contributed by atoms with Gasteiger partial charge in [0, 0.05) is 18.5 Å². The van der Waals surface area contributed by atoms with Crippen LogP contribution in [0, 0.1) is 11.3 Å². The Morgan fingerprint density at radius 2 is 1.92 bits per heavy atom. The molecule has 2 aliphatic rings. The lowest BCUT2D eigenvalue weighted by atomic mass is 9.55. The summed E-state index contributed by atoms with van der Waals surface area (Å²) in [5.41, 5.74) is -0.382. The van der Waals surface area contributed by atoms with E-state index in [0.29, 0.717) is 19.5 Å². The summed E-state index contributed by atoms with van der Waals surface area (Å²) in [4.78, 5) is 1.96. The predicted octanol–water partition coefficient (Wildman–Crippen LogP) is 1.89. The molecule has 0 amide bonds. The normalized spacial score (nSPS) is 34.5. The minimum absolute atomic E-state index is 0.345. The second kappa shape index (κ2) is 2.16. The van der Waals surface area contributed by atoms with Crippen molar-refractivity contribution in [2.75, 3.05) is 20.1 Å². The number of halogens is 3. The third kappa shape index (κ3) is 0.969. The second-order valence-electron chi connectivity index (χ2n) is 4.17. The second-order valence-corrected chi connectivity index (χ2v) is 4.17. The van der Waals surface area contributed by atoms with Gasteiger partial charge in [0.25, 0.3) is 0 Å². The first-order chi connectivity index (χ1) is 5.44. The van der Waals surface area contributed by atoms with Gasteiger partial charge < -0.3 is 4.90 Å². The Hall–Kier alpha value is -0.250. The van der Waals surface area contributed by atoms with Gasteiger partial charge in [0.2, 0.25) is 0 Å². The van der Waals surface area contributed by atoms with E-state index in [1.807, 2.05) is 11.9 Å². The summed E-state index contributed by atoms with van der Waals surface area (Å²) < 4.78 is 37.0. The average Bonchev–Trinajstić information content (AvgIpc) is 1.72. The molecule has 1 saturated carbocycles. The molecule has 0 aromatic rings. The molecule has 1 spiro atoms. The van der Waals surface area contributed by atoms with Crippen LogP contribution in [0.25, 0.3) is 0 Å². The van der Waals surface area contributed by atoms with Gasteiger partial charge >= 0.3 is 6.18 Å². The Balaban J connectivity index is 2.03. The number of nitrogens with zero attached hydrogens (tertiary/aromatic N) is 1. The summed E-state index contributed by atoms with van der Waals surface area (Å²) in [5.74, 6) is -1.01. The standard InChI is InChI=1S/C8H12F3N/c1-12-4-7(5-12)3-2-6(7)8(9,10)11/h6H,2-5H2,1H3. The summed E-state index contributed by atoms with van der Waals surface area (Å²) in [6.07, 6.45) is -2.85. The zero-order valence-corrected chi connectivity index (χ0v) is 6.99. The number of hydrogen-bond donors (Lipinski definition) is 0.